The van der Waals surface area contributed by atoms with Gasteiger partial charge in [-0.05, 0) is 45.4 Å². The number of rotatable bonds is 5. The van der Waals surface area contributed by atoms with Gasteiger partial charge in [-0.25, -0.2) is 4.98 Å². The van der Waals surface area contributed by atoms with Crippen molar-refractivity contribution in [1.82, 2.24) is 10.3 Å². The third-order valence-corrected chi connectivity index (χ3v) is 2.99. The fourth-order valence-corrected chi connectivity index (χ4v) is 2.16. The summed E-state index contributed by atoms with van der Waals surface area (Å²) in [5.41, 5.74) is 0.638. The predicted molar refractivity (Wildman–Crippen MR) is 74.3 cm³/mol. The van der Waals surface area contributed by atoms with Gasteiger partial charge in [0, 0.05) is 18.7 Å². The fraction of sp³-hybridized carbons (Fsp3) is 0.571. The van der Waals surface area contributed by atoms with Gasteiger partial charge in [-0.2, -0.15) is 0 Å². The molecule has 1 amide bonds. The molecule has 1 aromatic rings. The SMILES string of the molecule is CC(C)Oc1ncccc1NC(=O)CC1CCCN1. The first-order valence-corrected chi connectivity index (χ1v) is 6.80. The first kappa shape index (κ1) is 13.8. The molecule has 1 aliphatic rings. The quantitative estimate of drug-likeness (QED) is 0.852. The molecule has 0 saturated carbocycles. The predicted octanol–water partition coefficient (Wildman–Crippen LogP) is 1.95. The minimum atomic E-state index is 0.000932. The van der Waals surface area contributed by atoms with Crippen LogP contribution >= 0.6 is 0 Å². The first-order valence-electron chi connectivity index (χ1n) is 6.80. The van der Waals surface area contributed by atoms with E-state index in [0.29, 0.717) is 24.0 Å². The van der Waals surface area contributed by atoms with Crippen LogP contribution in [0.3, 0.4) is 0 Å². The van der Waals surface area contributed by atoms with Crippen molar-refractivity contribution in [2.24, 2.45) is 0 Å². The van der Waals surface area contributed by atoms with Gasteiger partial charge in [-0.1, -0.05) is 0 Å². The molecule has 0 radical (unpaired) electrons. The van der Waals surface area contributed by atoms with E-state index in [1.807, 2.05) is 19.9 Å². The summed E-state index contributed by atoms with van der Waals surface area (Å²) in [4.78, 5) is 16.1. The number of amides is 1. The second-order valence-electron chi connectivity index (χ2n) is 5.07. The van der Waals surface area contributed by atoms with Gasteiger partial charge in [0.15, 0.2) is 0 Å². The molecule has 0 spiro atoms. The van der Waals surface area contributed by atoms with Gasteiger partial charge in [0.2, 0.25) is 11.8 Å². The highest BCUT2D eigenvalue weighted by Gasteiger charge is 2.18. The van der Waals surface area contributed by atoms with E-state index in [2.05, 4.69) is 15.6 Å². The topological polar surface area (TPSA) is 63.2 Å². The van der Waals surface area contributed by atoms with Crippen LogP contribution in [0.25, 0.3) is 0 Å². The van der Waals surface area contributed by atoms with Crippen molar-refractivity contribution in [3.8, 4) is 5.88 Å². The van der Waals surface area contributed by atoms with E-state index in [0.717, 1.165) is 19.4 Å². The minimum absolute atomic E-state index is 0.000932. The van der Waals surface area contributed by atoms with Gasteiger partial charge < -0.3 is 15.4 Å². The number of hydrogen-bond acceptors (Lipinski definition) is 4. The van der Waals surface area contributed by atoms with Crippen LogP contribution in [0.4, 0.5) is 5.69 Å². The Morgan fingerprint density at radius 3 is 3.16 bits per heavy atom. The summed E-state index contributed by atoms with van der Waals surface area (Å²) in [6, 6.07) is 3.90. The summed E-state index contributed by atoms with van der Waals surface area (Å²) in [6.07, 6.45) is 4.40. The largest absolute Gasteiger partial charge is 0.473 e. The zero-order chi connectivity index (χ0) is 13.7. The van der Waals surface area contributed by atoms with E-state index in [1.54, 1.807) is 12.3 Å². The van der Waals surface area contributed by atoms with E-state index in [9.17, 15) is 4.79 Å². The van der Waals surface area contributed by atoms with Crippen molar-refractivity contribution in [1.29, 1.82) is 0 Å². The molecule has 1 fully saturated rings. The fourth-order valence-electron chi connectivity index (χ4n) is 2.16. The number of aromatic nitrogens is 1. The number of nitrogens with zero attached hydrogens (tertiary/aromatic N) is 1. The number of carbonyl (C=O) groups excluding carboxylic acids is 1. The van der Waals surface area contributed by atoms with Gasteiger partial charge in [0.05, 0.1) is 6.10 Å². The standard InChI is InChI=1S/C14H21N3O2/c1-10(2)19-14-12(6-4-8-16-14)17-13(18)9-11-5-3-7-15-11/h4,6,8,10-11,15H,3,5,7,9H2,1-2H3,(H,17,18). The second-order valence-corrected chi connectivity index (χ2v) is 5.07. The highest BCUT2D eigenvalue weighted by atomic mass is 16.5. The zero-order valence-electron chi connectivity index (χ0n) is 11.5. The number of pyridine rings is 1. The van der Waals surface area contributed by atoms with Crippen molar-refractivity contribution in [2.45, 2.75) is 45.3 Å². The maximum atomic E-state index is 12.0. The molecule has 2 rings (SSSR count). The average Bonchev–Trinajstić information content (AvgIpc) is 2.83. The zero-order valence-corrected chi connectivity index (χ0v) is 11.5. The molecule has 1 atom stereocenters. The second kappa shape index (κ2) is 6.52. The Hall–Kier alpha value is -1.62. The van der Waals surface area contributed by atoms with Gasteiger partial charge in [-0.3, -0.25) is 4.79 Å². The molecular weight excluding hydrogens is 242 g/mol. The van der Waals surface area contributed by atoms with Gasteiger partial charge in [0.1, 0.15) is 5.69 Å². The van der Waals surface area contributed by atoms with E-state index in [1.165, 1.54) is 0 Å². The molecule has 19 heavy (non-hydrogen) atoms. The number of anilines is 1. The summed E-state index contributed by atoms with van der Waals surface area (Å²) in [6.45, 7) is 4.87. The van der Waals surface area contributed by atoms with Crippen molar-refractivity contribution in [3.63, 3.8) is 0 Å². The maximum absolute atomic E-state index is 12.0. The molecule has 1 unspecified atom stereocenters. The summed E-state index contributed by atoms with van der Waals surface area (Å²) >= 11 is 0. The van der Waals surface area contributed by atoms with Crippen LogP contribution in [-0.4, -0.2) is 29.6 Å². The molecule has 104 valence electrons. The van der Waals surface area contributed by atoms with Crippen LogP contribution in [0.15, 0.2) is 18.3 Å². The third-order valence-electron chi connectivity index (χ3n) is 2.99. The van der Waals surface area contributed by atoms with Crippen LogP contribution in [0.1, 0.15) is 33.1 Å². The molecule has 0 bridgehead atoms. The molecule has 1 aromatic heterocycles. The molecule has 0 aromatic carbocycles. The van der Waals surface area contributed by atoms with Crippen LogP contribution < -0.4 is 15.4 Å². The number of hydrogen-bond donors (Lipinski definition) is 2. The smallest absolute Gasteiger partial charge is 0.238 e. The van der Waals surface area contributed by atoms with Crippen molar-refractivity contribution in [3.05, 3.63) is 18.3 Å². The maximum Gasteiger partial charge on any atom is 0.238 e. The third kappa shape index (κ3) is 4.21. The Morgan fingerprint density at radius 2 is 2.47 bits per heavy atom. The Balaban J connectivity index is 1.95. The highest BCUT2D eigenvalue weighted by Crippen LogP contribution is 2.22. The van der Waals surface area contributed by atoms with Crippen molar-refractivity contribution in [2.75, 3.05) is 11.9 Å². The summed E-state index contributed by atoms with van der Waals surface area (Å²) < 4.78 is 5.57. The molecule has 5 heteroatoms. The van der Waals surface area contributed by atoms with Gasteiger partial charge >= 0.3 is 0 Å². The van der Waals surface area contributed by atoms with E-state index in [-0.39, 0.29) is 12.0 Å². The molecule has 1 saturated heterocycles. The van der Waals surface area contributed by atoms with Crippen LogP contribution in [0, 0.1) is 0 Å². The Morgan fingerprint density at radius 1 is 1.63 bits per heavy atom. The van der Waals surface area contributed by atoms with Crippen LogP contribution in [-0.2, 0) is 4.79 Å². The Kier molecular flexibility index (Phi) is 4.74. The van der Waals surface area contributed by atoms with Gasteiger partial charge in [0.25, 0.3) is 0 Å². The lowest BCUT2D eigenvalue weighted by Gasteiger charge is -2.14. The normalized spacial score (nSPS) is 18.6. The number of nitrogens with one attached hydrogen (secondary N) is 2. The van der Waals surface area contributed by atoms with Gasteiger partial charge in [-0.15, -0.1) is 0 Å². The lowest BCUT2D eigenvalue weighted by atomic mass is 10.1. The molecule has 0 aliphatic carbocycles. The molecule has 2 heterocycles. The highest BCUT2D eigenvalue weighted by molar-refractivity contribution is 5.92. The summed E-state index contributed by atoms with van der Waals surface area (Å²) in [5, 5.41) is 6.19. The lowest BCUT2D eigenvalue weighted by Crippen LogP contribution is -2.27. The lowest BCUT2D eigenvalue weighted by molar-refractivity contribution is -0.116. The Bertz CT molecular complexity index is 428. The molecule has 2 N–H and O–H groups in total. The van der Waals surface area contributed by atoms with Crippen molar-refractivity contribution >= 4 is 11.6 Å². The number of carbonyl (C=O) groups is 1. The van der Waals surface area contributed by atoms with E-state index >= 15 is 0 Å². The van der Waals surface area contributed by atoms with E-state index in [4.69, 9.17) is 4.74 Å². The molecule has 1 aliphatic heterocycles. The summed E-state index contributed by atoms with van der Waals surface area (Å²) in [7, 11) is 0. The molecular formula is C14H21N3O2. The number of ether oxygens (including phenoxy) is 1. The van der Waals surface area contributed by atoms with Crippen LogP contribution in [0.5, 0.6) is 5.88 Å². The first-order chi connectivity index (χ1) is 9.15. The molecule has 5 nitrogen and oxygen atoms in total. The van der Waals surface area contributed by atoms with Crippen LogP contribution in [0.2, 0.25) is 0 Å². The van der Waals surface area contributed by atoms with E-state index < -0.39 is 0 Å². The monoisotopic (exact) mass is 263 g/mol. The summed E-state index contributed by atoms with van der Waals surface area (Å²) in [5.74, 6) is 0.478. The minimum Gasteiger partial charge on any atom is -0.473 e. The Labute approximate surface area is 113 Å². The van der Waals surface area contributed by atoms with Crippen molar-refractivity contribution < 1.29 is 9.53 Å². The average molecular weight is 263 g/mol.